The van der Waals surface area contributed by atoms with Crippen molar-refractivity contribution < 1.29 is 22.2 Å². The fraction of sp³-hybridized carbons (Fsp3) is 0.588. The third kappa shape index (κ3) is 3.67. The van der Waals surface area contributed by atoms with Gasteiger partial charge in [-0.15, -0.1) is 0 Å². The minimum Gasteiger partial charge on any atom is -0.299 e. The third-order valence-electron chi connectivity index (χ3n) is 4.89. The van der Waals surface area contributed by atoms with Crippen LogP contribution in [0.2, 0.25) is 0 Å². The number of Topliss-reactive ketones (excluding diaryl/α,β-unsaturated/α-hetero) is 1. The van der Waals surface area contributed by atoms with Gasteiger partial charge in [-0.05, 0) is 37.3 Å². The second kappa shape index (κ2) is 6.38. The molecule has 1 aromatic rings. The molecule has 2 heterocycles. The fourth-order valence-electron chi connectivity index (χ4n) is 3.70. The number of carbonyl (C=O) groups excluding carboxylic acids is 1. The molecule has 0 aromatic heterocycles. The molecule has 2 saturated heterocycles. The molecule has 2 aliphatic rings. The number of hydrogen-bond donors (Lipinski definition) is 0. The van der Waals surface area contributed by atoms with Crippen LogP contribution in [-0.2, 0) is 28.2 Å². The van der Waals surface area contributed by atoms with Crippen LogP contribution in [0.5, 0.6) is 0 Å². The van der Waals surface area contributed by atoms with Crippen LogP contribution >= 0.6 is 0 Å². The molecule has 2 aliphatic heterocycles. The zero-order valence-electron chi connectivity index (χ0n) is 12.6. The summed E-state index contributed by atoms with van der Waals surface area (Å²) in [6, 6.07) is 4.98. The Morgan fingerprint density at radius 3 is 2.43 bits per heavy atom. The van der Waals surface area contributed by atoms with Gasteiger partial charge in [0, 0.05) is 33.6 Å². The van der Waals surface area contributed by atoms with Crippen LogP contribution in [0.4, 0.5) is 13.2 Å². The van der Waals surface area contributed by atoms with E-state index in [9.17, 15) is 22.2 Å². The number of benzene rings is 1. The summed E-state index contributed by atoms with van der Waals surface area (Å²) in [5, 5.41) is 0.191. The van der Waals surface area contributed by atoms with E-state index in [-0.39, 0.29) is 28.6 Å². The zero-order valence-corrected chi connectivity index (χ0v) is 13.5. The van der Waals surface area contributed by atoms with Gasteiger partial charge in [-0.1, -0.05) is 24.6 Å². The molecule has 0 amide bonds. The molecular formula is C17H19F3O2S. The second-order valence-electron chi connectivity index (χ2n) is 6.51. The van der Waals surface area contributed by atoms with E-state index in [0.717, 1.165) is 31.4 Å². The van der Waals surface area contributed by atoms with Gasteiger partial charge in [0.25, 0.3) is 0 Å². The van der Waals surface area contributed by atoms with Crippen LogP contribution < -0.4 is 0 Å². The highest BCUT2D eigenvalue weighted by Crippen LogP contribution is 2.38. The van der Waals surface area contributed by atoms with Crippen molar-refractivity contribution in [1.82, 2.24) is 0 Å². The van der Waals surface area contributed by atoms with Gasteiger partial charge in [-0.3, -0.25) is 9.00 Å². The summed E-state index contributed by atoms with van der Waals surface area (Å²) in [4.78, 5) is 12.5. The van der Waals surface area contributed by atoms with E-state index in [1.165, 1.54) is 6.07 Å². The van der Waals surface area contributed by atoms with Gasteiger partial charge in [0.2, 0.25) is 0 Å². The lowest BCUT2D eigenvalue weighted by Gasteiger charge is -2.37. The SMILES string of the molecule is O=C(Cc1cccc(C(F)(F)F)c1)C1CC2CCCC(C1)S2=O. The topological polar surface area (TPSA) is 34.1 Å². The van der Waals surface area contributed by atoms with Gasteiger partial charge in [-0.25, -0.2) is 0 Å². The summed E-state index contributed by atoms with van der Waals surface area (Å²) < 4.78 is 50.4. The maximum Gasteiger partial charge on any atom is 0.416 e. The number of hydrogen-bond acceptors (Lipinski definition) is 2. The van der Waals surface area contributed by atoms with Crippen molar-refractivity contribution in [2.45, 2.75) is 55.2 Å². The Morgan fingerprint density at radius 1 is 1.17 bits per heavy atom. The number of carbonyl (C=O) groups is 1. The normalized spacial score (nSPS) is 30.9. The van der Waals surface area contributed by atoms with Crippen molar-refractivity contribution in [1.29, 1.82) is 0 Å². The molecule has 2 nitrogen and oxygen atoms in total. The Bertz CT molecular complexity index is 611. The molecule has 3 rings (SSSR count). The summed E-state index contributed by atoms with van der Waals surface area (Å²) in [6.45, 7) is 0. The number of alkyl halides is 3. The Labute approximate surface area is 135 Å². The van der Waals surface area contributed by atoms with Crippen molar-refractivity contribution >= 4 is 16.6 Å². The average molecular weight is 344 g/mol. The molecule has 1 aromatic carbocycles. The number of halogens is 3. The molecule has 126 valence electrons. The summed E-state index contributed by atoms with van der Waals surface area (Å²) in [6.07, 6.45) is -0.247. The van der Waals surface area contributed by atoms with Gasteiger partial charge >= 0.3 is 6.18 Å². The number of ketones is 1. The minimum absolute atomic E-state index is 0.0158. The smallest absolute Gasteiger partial charge is 0.299 e. The van der Waals surface area contributed by atoms with Crippen molar-refractivity contribution in [3.63, 3.8) is 0 Å². The molecule has 2 atom stereocenters. The summed E-state index contributed by atoms with van der Waals surface area (Å²) in [5.74, 6) is -0.171. The first-order chi connectivity index (χ1) is 10.8. The molecule has 23 heavy (non-hydrogen) atoms. The van der Waals surface area contributed by atoms with Crippen molar-refractivity contribution in [3.8, 4) is 0 Å². The van der Waals surface area contributed by atoms with Gasteiger partial charge in [-0.2, -0.15) is 13.2 Å². The van der Waals surface area contributed by atoms with Crippen LogP contribution in [0.15, 0.2) is 24.3 Å². The standard InChI is InChI=1S/C17H19F3O2S/c18-17(19,20)13-4-1-3-11(7-13)8-16(21)12-9-14-5-2-6-15(10-12)23(14)22/h1,3-4,7,12,14-15H,2,5-6,8-10H2. The molecule has 2 bridgehead atoms. The Morgan fingerprint density at radius 2 is 1.83 bits per heavy atom. The minimum atomic E-state index is -4.39. The highest BCUT2D eigenvalue weighted by atomic mass is 32.2. The van der Waals surface area contributed by atoms with Gasteiger partial charge in [0.1, 0.15) is 5.78 Å². The summed E-state index contributed by atoms with van der Waals surface area (Å²) >= 11 is 0. The second-order valence-corrected chi connectivity index (χ2v) is 8.50. The van der Waals surface area contributed by atoms with E-state index in [0.29, 0.717) is 18.4 Å². The first kappa shape index (κ1) is 16.7. The Kier molecular flexibility index (Phi) is 4.63. The highest BCUT2D eigenvalue weighted by molar-refractivity contribution is 7.86. The molecule has 6 heteroatoms. The lowest BCUT2D eigenvalue weighted by atomic mass is 9.84. The molecule has 0 N–H and O–H groups in total. The van der Waals surface area contributed by atoms with Gasteiger partial charge < -0.3 is 0 Å². The van der Waals surface area contributed by atoms with Crippen molar-refractivity contribution in [2.24, 2.45) is 5.92 Å². The molecule has 0 radical (unpaired) electrons. The van der Waals surface area contributed by atoms with E-state index in [2.05, 4.69) is 0 Å². The van der Waals surface area contributed by atoms with E-state index >= 15 is 0 Å². The predicted molar refractivity (Wildman–Crippen MR) is 82.4 cm³/mol. The van der Waals surface area contributed by atoms with Crippen LogP contribution in [0.3, 0.4) is 0 Å². The lowest BCUT2D eigenvalue weighted by molar-refractivity contribution is -0.137. The van der Waals surface area contributed by atoms with Gasteiger partial charge in [0.15, 0.2) is 0 Å². The molecule has 0 spiro atoms. The highest BCUT2D eigenvalue weighted by Gasteiger charge is 2.40. The van der Waals surface area contributed by atoms with Crippen LogP contribution in [0, 0.1) is 5.92 Å². The van der Waals surface area contributed by atoms with Gasteiger partial charge in [0.05, 0.1) is 5.56 Å². The van der Waals surface area contributed by atoms with E-state index in [4.69, 9.17) is 0 Å². The maximum absolute atomic E-state index is 12.7. The van der Waals surface area contributed by atoms with Crippen LogP contribution in [-0.4, -0.2) is 20.5 Å². The average Bonchev–Trinajstić information content (AvgIpc) is 2.46. The maximum atomic E-state index is 12.7. The van der Waals surface area contributed by atoms with Crippen LogP contribution in [0.25, 0.3) is 0 Å². The number of fused-ring (bicyclic) bond motifs is 2. The Balaban J connectivity index is 1.69. The third-order valence-corrected chi connectivity index (χ3v) is 7.06. The monoisotopic (exact) mass is 344 g/mol. The lowest BCUT2D eigenvalue weighted by Crippen LogP contribution is -2.41. The van der Waals surface area contributed by atoms with E-state index < -0.39 is 22.5 Å². The zero-order chi connectivity index (χ0) is 16.6. The summed E-state index contributed by atoms with van der Waals surface area (Å²) in [7, 11) is -0.836. The molecule has 0 saturated carbocycles. The fourth-order valence-corrected chi connectivity index (χ4v) is 5.89. The number of rotatable bonds is 3. The van der Waals surface area contributed by atoms with E-state index in [1.807, 2.05) is 0 Å². The van der Waals surface area contributed by atoms with Crippen molar-refractivity contribution in [2.75, 3.05) is 0 Å². The first-order valence-electron chi connectivity index (χ1n) is 7.93. The van der Waals surface area contributed by atoms with E-state index in [1.54, 1.807) is 6.07 Å². The largest absolute Gasteiger partial charge is 0.416 e. The first-order valence-corrected chi connectivity index (χ1v) is 9.20. The molecule has 0 aliphatic carbocycles. The molecule has 2 unspecified atom stereocenters. The quantitative estimate of drug-likeness (QED) is 0.833. The predicted octanol–water partition coefficient (Wildman–Crippen LogP) is 3.90. The van der Waals surface area contributed by atoms with Crippen LogP contribution in [0.1, 0.15) is 43.2 Å². The molecule has 2 fully saturated rings. The summed E-state index contributed by atoms with van der Waals surface area (Å²) in [5.41, 5.74) is -0.314. The molecular weight excluding hydrogens is 325 g/mol. The van der Waals surface area contributed by atoms with Crippen molar-refractivity contribution in [3.05, 3.63) is 35.4 Å². The Hall–Kier alpha value is -1.17.